The van der Waals surface area contributed by atoms with Crippen molar-refractivity contribution in [1.29, 1.82) is 0 Å². The van der Waals surface area contributed by atoms with Crippen molar-refractivity contribution < 1.29 is 9.13 Å². The van der Waals surface area contributed by atoms with Crippen LogP contribution in [0.5, 0.6) is 5.75 Å². The molecule has 0 saturated carbocycles. The number of methoxy groups -OCH3 is 1. The molecule has 0 aliphatic heterocycles. The second-order valence-corrected chi connectivity index (χ2v) is 6.01. The van der Waals surface area contributed by atoms with E-state index in [9.17, 15) is 4.39 Å². The van der Waals surface area contributed by atoms with E-state index in [-0.39, 0.29) is 11.9 Å². The topological polar surface area (TPSA) is 33.3 Å². The van der Waals surface area contributed by atoms with E-state index < -0.39 is 0 Å². The molecule has 2 rings (SSSR count). The Balaban J connectivity index is 2.04. The van der Waals surface area contributed by atoms with Crippen LogP contribution < -0.4 is 15.4 Å². The summed E-state index contributed by atoms with van der Waals surface area (Å²) >= 11 is 5.39. The molecular formula is C18H21FN2OS. The van der Waals surface area contributed by atoms with Crippen LogP contribution in [0.15, 0.2) is 48.5 Å². The molecular weight excluding hydrogens is 311 g/mol. The molecule has 0 aliphatic carbocycles. The number of hydrogen-bond acceptors (Lipinski definition) is 2. The van der Waals surface area contributed by atoms with Gasteiger partial charge in [-0.3, -0.25) is 0 Å². The fourth-order valence-electron chi connectivity index (χ4n) is 2.29. The summed E-state index contributed by atoms with van der Waals surface area (Å²) in [6.07, 6.45) is 0. The minimum absolute atomic E-state index is 0.00819. The van der Waals surface area contributed by atoms with Crippen molar-refractivity contribution in [3.8, 4) is 5.75 Å². The van der Waals surface area contributed by atoms with E-state index in [1.165, 1.54) is 12.1 Å². The van der Waals surface area contributed by atoms with Crippen LogP contribution in [0, 0.1) is 11.7 Å². The third kappa shape index (κ3) is 4.93. The van der Waals surface area contributed by atoms with Crippen LogP contribution >= 0.6 is 12.2 Å². The third-order valence-corrected chi connectivity index (χ3v) is 3.75. The molecule has 0 amide bonds. The Kier molecular flexibility index (Phi) is 5.93. The Hall–Kier alpha value is -2.14. The van der Waals surface area contributed by atoms with Gasteiger partial charge in [0.05, 0.1) is 13.2 Å². The molecule has 0 radical (unpaired) electrons. The molecule has 0 aliphatic rings. The normalized spacial score (nSPS) is 11.9. The molecule has 0 spiro atoms. The van der Waals surface area contributed by atoms with Gasteiger partial charge >= 0.3 is 0 Å². The first-order valence-corrected chi connectivity index (χ1v) is 7.87. The molecule has 23 heavy (non-hydrogen) atoms. The van der Waals surface area contributed by atoms with Crippen molar-refractivity contribution in [3.63, 3.8) is 0 Å². The van der Waals surface area contributed by atoms with E-state index >= 15 is 0 Å². The largest absolute Gasteiger partial charge is 0.497 e. The molecule has 2 aromatic carbocycles. The number of hydrogen-bond donors (Lipinski definition) is 2. The van der Waals surface area contributed by atoms with Crippen LogP contribution in [0.25, 0.3) is 0 Å². The van der Waals surface area contributed by atoms with Crippen molar-refractivity contribution >= 4 is 23.0 Å². The number of anilines is 1. The zero-order valence-electron chi connectivity index (χ0n) is 13.5. The van der Waals surface area contributed by atoms with Gasteiger partial charge in [0.15, 0.2) is 5.11 Å². The summed E-state index contributed by atoms with van der Waals surface area (Å²) < 4.78 is 18.2. The third-order valence-electron chi connectivity index (χ3n) is 3.53. The highest BCUT2D eigenvalue weighted by Crippen LogP contribution is 2.22. The predicted octanol–water partition coefficient (Wildman–Crippen LogP) is 4.52. The summed E-state index contributed by atoms with van der Waals surface area (Å²) in [6, 6.07) is 14.0. The second-order valence-electron chi connectivity index (χ2n) is 5.60. The van der Waals surface area contributed by atoms with Crippen LogP contribution in [0.4, 0.5) is 10.1 Å². The van der Waals surface area contributed by atoms with Gasteiger partial charge in [-0.05, 0) is 60.1 Å². The molecule has 5 heteroatoms. The fraction of sp³-hybridized carbons (Fsp3) is 0.278. The van der Waals surface area contributed by atoms with Gasteiger partial charge < -0.3 is 15.4 Å². The van der Waals surface area contributed by atoms with Crippen molar-refractivity contribution in [2.45, 2.75) is 19.9 Å². The minimum Gasteiger partial charge on any atom is -0.497 e. The minimum atomic E-state index is -0.241. The Labute approximate surface area is 141 Å². The van der Waals surface area contributed by atoms with Crippen LogP contribution in [-0.4, -0.2) is 12.2 Å². The molecule has 3 nitrogen and oxygen atoms in total. The number of thiocarbonyl (C=S) groups is 1. The molecule has 0 bridgehead atoms. The molecule has 2 N–H and O–H groups in total. The average Bonchev–Trinajstić information content (AvgIpc) is 2.54. The molecule has 0 unspecified atom stereocenters. The first kappa shape index (κ1) is 17.2. The molecule has 2 aromatic rings. The number of rotatable bonds is 5. The van der Waals surface area contributed by atoms with Gasteiger partial charge in [-0.15, -0.1) is 0 Å². The Morgan fingerprint density at radius 3 is 2.17 bits per heavy atom. The summed E-state index contributed by atoms with van der Waals surface area (Å²) in [4.78, 5) is 0. The number of halogens is 1. The summed E-state index contributed by atoms with van der Waals surface area (Å²) in [5.41, 5.74) is 1.88. The van der Waals surface area contributed by atoms with Gasteiger partial charge in [-0.2, -0.15) is 0 Å². The SMILES string of the molecule is COc1ccc(NC(=S)N[C@H](c2ccc(F)cc2)C(C)C)cc1. The van der Waals surface area contributed by atoms with Crippen LogP contribution in [0.3, 0.4) is 0 Å². The van der Waals surface area contributed by atoms with E-state index in [0.29, 0.717) is 11.0 Å². The molecule has 0 fully saturated rings. The van der Waals surface area contributed by atoms with Crippen molar-refractivity contribution in [1.82, 2.24) is 5.32 Å². The van der Waals surface area contributed by atoms with Gasteiger partial charge in [-0.25, -0.2) is 4.39 Å². The highest BCUT2D eigenvalue weighted by atomic mass is 32.1. The summed E-state index contributed by atoms with van der Waals surface area (Å²) in [5.74, 6) is 0.854. The highest BCUT2D eigenvalue weighted by molar-refractivity contribution is 7.80. The lowest BCUT2D eigenvalue weighted by Gasteiger charge is -2.24. The van der Waals surface area contributed by atoms with E-state index in [1.807, 2.05) is 24.3 Å². The fourth-order valence-corrected chi connectivity index (χ4v) is 2.53. The van der Waals surface area contributed by atoms with Gasteiger partial charge in [0.1, 0.15) is 11.6 Å². The summed E-state index contributed by atoms with van der Waals surface area (Å²) in [7, 11) is 1.63. The quantitative estimate of drug-likeness (QED) is 0.789. The lowest BCUT2D eigenvalue weighted by molar-refractivity contribution is 0.415. The van der Waals surface area contributed by atoms with Crippen LogP contribution in [-0.2, 0) is 0 Å². The summed E-state index contributed by atoms with van der Waals surface area (Å²) in [5, 5.41) is 6.97. The van der Waals surface area contributed by atoms with Gasteiger partial charge in [-0.1, -0.05) is 26.0 Å². The lowest BCUT2D eigenvalue weighted by Crippen LogP contribution is -2.34. The van der Waals surface area contributed by atoms with Gasteiger partial charge in [0.2, 0.25) is 0 Å². The molecule has 1 atom stereocenters. The van der Waals surface area contributed by atoms with E-state index in [4.69, 9.17) is 17.0 Å². The van der Waals surface area contributed by atoms with Crippen molar-refractivity contribution in [2.24, 2.45) is 5.92 Å². The van der Waals surface area contributed by atoms with E-state index in [2.05, 4.69) is 24.5 Å². The number of nitrogens with one attached hydrogen (secondary N) is 2. The van der Waals surface area contributed by atoms with Gasteiger partial charge in [0.25, 0.3) is 0 Å². The van der Waals surface area contributed by atoms with Crippen molar-refractivity contribution in [3.05, 3.63) is 59.9 Å². The monoisotopic (exact) mass is 332 g/mol. The zero-order chi connectivity index (χ0) is 16.8. The smallest absolute Gasteiger partial charge is 0.171 e. The highest BCUT2D eigenvalue weighted by Gasteiger charge is 2.17. The maximum Gasteiger partial charge on any atom is 0.171 e. The molecule has 0 saturated heterocycles. The van der Waals surface area contributed by atoms with Crippen LogP contribution in [0.1, 0.15) is 25.5 Å². The summed E-state index contributed by atoms with van der Waals surface area (Å²) in [6.45, 7) is 4.19. The standard InChI is InChI=1S/C18H21FN2OS/c1-12(2)17(13-4-6-14(19)7-5-13)21-18(23)20-15-8-10-16(22-3)11-9-15/h4-12,17H,1-3H3,(H2,20,21,23)/t17-/m0/s1. The molecule has 122 valence electrons. The first-order valence-electron chi connectivity index (χ1n) is 7.46. The Morgan fingerprint density at radius 1 is 1.04 bits per heavy atom. The maximum absolute atomic E-state index is 13.1. The van der Waals surface area contributed by atoms with Crippen LogP contribution in [0.2, 0.25) is 0 Å². The average molecular weight is 332 g/mol. The lowest BCUT2D eigenvalue weighted by atomic mass is 9.96. The number of ether oxygens (including phenoxy) is 1. The molecule has 0 aromatic heterocycles. The Morgan fingerprint density at radius 2 is 1.65 bits per heavy atom. The first-order chi connectivity index (χ1) is 11.0. The van der Waals surface area contributed by atoms with E-state index in [0.717, 1.165) is 17.0 Å². The number of benzene rings is 2. The predicted molar refractivity (Wildman–Crippen MR) is 96.3 cm³/mol. The second kappa shape index (κ2) is 7.92. The zero-order valence-corrected chi connectivity index (χ0v) is 14.3. The molecule has 0 heterocycles. The van der Waals surface area contributed by atoms with Crippen molar-refractivity contribution in [2.75, 3.05) is 12.4 Å². The van der Waals surface area contributed by atoms with Gasteiger partial charge in [0, 0.05) is 5.69 Å². The van der Waals surface area contributed by atoms with E-state index in [1.54, 1.807) is 19.2 Å². The Bertz CT molecular complexity index is 641. The maximum atomic E-state index is 13.1.